The molecular formula is C16H19N4O3+. The van der Waals surface area contributed by atoms with Crippen molar-refractivity contribution < 1.29 is 19.0 Å². The number of furan rings is 1. The molecule has 120 valence electrons. The summed E-state index contributed by atoms with van der Waals surface area (Å²) >= 11 is 0. The highest BCUT2D eigenvalue weighted by Gasteiger charge is 2.22. The molecule has 3 heterocycles. The van der Waals surface area contributed by atoms with Crippen molar-refractivity contribution in [1.29, 1.82) is 0 Å². The number of anilines is 1. The smallest absolute Gasteiger partial charge is 0.287 e. The maximum Gasteiger partial charge on any atom is 0.287 e. The predicted molar refractivity (Wildman–Crippen MR) is 82.8 cm³/mol. The molecule has 1 fully saturated rings. The molecule has 0 bridgehead atoms. The van der Waals surface area contributed by atoms with Gasteiger partial charge in [-0.3, -0.25) is 9.59 Å². The number of hydrogen-bond acceptors (Lipinski definition) is 4. The lowest BCUT2D eigenvalue weighted by atomic mass is 10.2. The fourth-order valence-corrected chi connectivity index (χ4v) is 2.57. The van der Waals surface area contributed by atoms with Crippen LogP contribution >= 0.6 is 0 Å². The zero-order chi connectivity index (χ0) is 16.1. The second kappa shape index (κ2) is 6.95. The number of carbonyl (C=O) groups excluding carboxylic acids is 2. The number of carbonyl (C=O) groups is 2. The fourth-order valence-electron chi connectivity index (χ4n) is 2.57. The minimum atomic E-state index is -0.373. The monoisotopic (exact) mass is 315 g/mol. The second-order valence-electron chi connectivity index (χ2n) is 5.29. The molecule has 7 heteroatoms. The van der Waals surface area contributed by atoms with Crippen molar-refractivity contribution in [3.05, 3.63) is 48.7 Å². The highest BCUT2D eigenvalue weighted by Crippen LogP contribution is 2.14. The van der Waals surface area contributed by atoms with Crippen molar-refractivity contribution >= 4 is 17.5 Å². The van der Waals surface area contributed by atoms with Crippen molar-refractivity contribution in [2.75, 3.05) is 37.6 Å². The van der Waals surface area contributed by atoms with E-state index in [1.54, 1.807) is 17.0 Å². The molecule has 1 aliphatic heterocycles. The normalized spacial score (nSPS) is 14.6. The van der Waals surface area contributed by atoms with Crippen LogP contribution in [0.25, 0.3) is 0 Å². The van der Waals surface area contributed by atoms with Gasteiger partial charge in [0.2, 0.25) is 5.91 Å². The van der Waals surface area contributed by atoms with E-state index in [2.05, 4.69) is 15.2 Å². The molecule has 0 atom stereocenters. The minimum absolute atomic E-state index is 0.0141. The van der Waals surface area contributed by atoms with Crippen LogP contribution < -0.4 is 15.2 Å². The third-order valence-corrected chi connectivity index (χ3v) is 3.84. The number of hydrogen-bond donors (Lipinski definition) is 1. The van der Waals surface area contributed by atoms with Crippen LogP contribution in [-0.2, 0) is 4.79 Å². The van der Waals surface area contributed by atoms with E-state index in [0.29, 0.717) is 13.1 Å². The van der Waals surface area contributed by atoms with Gasteiger partial charge in [0.25, 0.3) is 5.91 Å². The van der Waals surface area contributed by atoms with E-state index in [-0.39, 0.29) is 24.1 Å². The van der Waals surface area contributed by atoms with E-state index in [1.807, 2.05) is 24.5 Å². The Hall–Kier alpha value is -2.83. The summed E-state index contributed by atoms with van der Waals surface area (Å²) in [6, 6.07) is 7.23. The molecule has 7 nitrogen and oxygen atoms in total. The molecule has 0 unspecified atom stereocenters. The van der Waals surface area contributed by atoms with Crippen LogP contribution in [0.3, 0.4) is 0 Å². The average Bonchev–Trinajstić information content (AvgIpc) is 3.15. The number of aromatic nitrogens is 1. The van der Waals surface area contributed by atoms with Gasteiger partial charge in [-0.1, -0.05) is 0 Å². The molecular weight excluding hydrogens is 296 g/mol. The van der Waals surface area contributed by atoms with Crippen molar-refractivity contribution in [3.63, 3.8) is 0 Å². The molecule has 1 saturated heterocycles. The molecule has 2 aromatic heterocycles. The number of piperazine rings is 1. The number of nitrogens with zero attached hydrogens (tertiary/aromatic N) is 2. The summed E-state index contributed by atoms with van der Waals surface area (Å²) in [4.78, 5) is 30.9. The first-order valence-corrected chi connectivity index (χ1v) is 7.54. The van der Waals surface area contributed by atoms with Crippen molar-refractivity contribution in [2.45, 2.75) is 0 Å². The Labute approximate surface area is 133 Å². The molecule has 3 rings (SSSR count). The number of amides is 2. The lowest BCUT2D eigenvalue weighted by Crippen LogP contribution is -2.51. The van der Waals surface area contributed by atoms with Crippen LogP contribution in [0.4, 0.5) is 5.69 Å². The van der Waals surface area contributed by atoms with Gasteiger partial charge in [-0.05, 0) is 12.1 Å². The van der Waals surface area contributed by atoms with Crippen molar-refractivity contribution in [3.8, 4) is 0 Å². The van der Waals surface area contributed by atoms with Crippen LogP contribution in [-0.4, -0.2) is 49.4 Å². The summed E-state index contributed by atoms with van der Waals surface area (Å²) in [6.07, 6.45) is 5.20. The molecule has 2 aromatic rings. The summed E-state index contributed by atoms with van der Waals surface area (Å²) in [7, 11) is 0. The van der Waals surface area contributed by atoms with E-state index in [1.165, 1.54) is 6.26 Å². The number of rotatable bonds is 4. The van der Waals surface area contributed by atoms with Crippen LogP contribution in [0.1, 0.15) is 10.6 Å². The molecule has 2 amide bonds. The standard InChI is InChI=1S/C16H18N4O3/c21-15(12-18-16(22)14-2-1-11-23-14)20-9-7-19(8-10-20)13-3-5-17-6-4-13/h1-6,11H,7-10,12H2,(H,18,22)/p+1. The number of pyridine rings is 1. The average molecular weight is 315 g/mol. The van der Waals surface area contributed by atoms with Gasteiger partial charge >= 0.3 is 0 Å². The van der Waals surface area contributed by atoms with Gasteiger partial charge in [0.1, 0.15) is 0 Å². The van der Waals surface area contributed by atoms with Gasteiger partial charge in [0, 0.05) is 44.0 Å². The van der Waals surface area contributed by atoms with Gasteiger partial charge < -0.3 is 19.5 Å². The van der Waals surface area contributed by atoms with Gasteiger partial charge in [-0.15, -0.1) is 0 Å². The Morgan fingerprint density at radius 3 is 2.52 bits per heavy atom. The lowest BCUT2D eigenvalue weighted by molar-refractivity contribution is -0.377. The zero-order valence-electron chi connectivity index (χ0n) is 12.7. The highest BCUT2D eigenvalue weighted by atomic mass is 16.3. The van der Waals surface area contributed by atoms with Crippen LogP contribution in [0.5, 0.6) is 0 Å². The van der Waals surface area contributed by atoms with E-state index < -0.39 is 0 Å². The summed E-state index contributed by atoms with van der Waals surface area (Å²) in [6.45, 7) is 2.84. The Kier molecular flexibility index (Phi) is 4.56. The first-order chi connectivity index (χ1) is 11.2. The molecule has 0 saturated carbocycles. The van der Waals surface area contributed by atoms with Gasteiger partial charge in [0.05, 0.1) is 12.8 Å². The quantitative estimate of drug-likeness (QED) is 0.872. The Morgan fingerprint density at radius 1 is 1.13 bits per heavy atom. The second-order valence-corrected chi connectivity index (χ2v) is 5.29. The minimum Gasteiger partial charge on any atom is -0.459 e. The lowest BCUT2D eigenvalue weighted by Gasteiger charge is -2.35. The van der Waals surface area contributed by atoms with E-state index >= 15 is 0 Å². The SMILES string of the molecule is O=C(NCC(=O)N1CCN(c2cc[nH+]cc2)CC1)c1ccco1. The molecule has 0 aromatic carbocycles. The molecule has 23 heavy (non-hydrogen) atoms. The Bertz CT molecular complexity index is 649. The Morgan fingerprint density at radius 2 is 1.87 bits per heavy atom. The van der Waals surface area contributed by atoms with Crippen LogP contribution in [0.15, 0.2) is 47.3 Å². The maximum atomic E-state index is 12.2. The molecule has 1 aliphatic rings. The molecule has 0 aliphatic carbocycles. The zero-order valence-corrected chi connectivity index (χ0v) is 12.7. The predicted octanol–water partition coefficient (Wildman–Crippen LogP) is 0.172. The van der Waals surface area contributed by atoms with E-state index in [0.717, 1.165) is 18.8 Å². The molecule has 2 N–H and O–H groups in total. The summed E-state index contributed by atoms with van der Waals surface area (Å²) < 4.78 is 4.99. The topological polar surface area (TPSA) is 79.9 Å². The van der Waals surface area contributed by atoms with E-state index in [9.17, 15) is 9.59 Å². The first-order valence-electron chi connectivity index (χ1n) is 7.54. The van der Waals surface area contributed by atoms with Gasteiger partial charge in [-0.25, -0.2) is 4.98 Å². The molecule has 0 spiro atoms. The van der Waals surface area contributed by atoms with Crippen molar-refractivity contribution in [2.24, 2.45) is 0 Å². The third kappa shape index (κ3) is 3.68. The van der Waals surface area contributed by atoms with Crippen LogP contribution in [0, 0.1) is 0 Å². The first kappa shape index (κ1) is 15.1. The largest absolute Gasteiger partial charge is 0.459 e. The van der Waals surface area contributed by atoms with Crippen molar-refractivity contribution in [1.82, 2.24) is 10.2 Å². The third-order valence-electron chi connectivity index (χ3n) is 3.84. The summed E-state index contributed by atoms with van der Waals surface area (Å²) in [5.41, 5.74) is 1.14. The van der Waals surface area contributed by atoms with E-state index in [4.69, 9.17) is 4.42 Å². The Balaban J connectivity index is 1.46. The summed E-state index contributed by atoms with van der Waals surface area (Å²) in [5, 5.41) is 2.58. The van der Waals surface area contributed by atoms with Gasteiger partial charge in [-0.2, -0.15) is 0 Å². The number of aromatic amines is 1. The maximum absolute atomic E-state index is 12.2. The van der Waals surface area contributed by atoms with Crippen LogP contribution in [0.2, 0.25) is 0 Å². The molecule has 0 radical (unpaired) electrons. The van der Waals surface area contributed by atoms with Gasteiger partial charge in [0.15, 0.2) is 18.2 Å². The fraction of sp³-hybridized carbons (Fsp3) is 0.312. The highest BCUT2D eigenvalue weighted by molar-refractivity contribution is 5.94. The number of nitrogens with one attached hydrogen (secondary N) is 2. The number of H-pyrrole nitrogens is 1. The summed E-state index contributed by atoms with van der Waals surface area (Å²) in [5.74, 6) is -0.239.